The van der Waals surface area contributed by atoms with Crippen molar-refractivity contribution in [2.45, 2.75) is 44.8 Å². The zero-order chi connectivity index (χ0) is 26.4. The van der Waals surface area contributed by atoms with Crippen LogP contribution in [0.4, 0.5) is 18.9 Å². The van der Waals surface area contributed by atoms with E-state index < -0.39 is 29.3 Å². The standard InChI is InChI=1S/C26H23F3N4O4/c1-14-11-33-22(13-31(14)23(34)7-15-5-19(27)25(29)20(28)6-15)21(10-30-33)32-12-18(9-24(32)35)16-3-2-4-17(8-16)26(36)37/h2-6,8,10,14,18H,7,9,11-13H2,1H3,(H,36,37)/t14-,18?/m0/s1. The van der Waals surface area contributed by atoms with Crippen molar-refractivity contribution in [2.24, 2.45) is 0 Å². The van der Waals surface area contributed by atoms with E-state index in [9.17, 15) is 32.7 Å². The van der Waals surface area contributed by atoms with Crippen LogP contribution in [0.25, 0.3) is 0 Å². The normalized spacial score (nSPS) is 19.3. The number of anilines is 1. The number of carboxylic acids is 1. The van der Waals surface area contributed by atoms with Crippen molar-refractivity contribution in [3.05, 3.63) is 82.4 Å². The third-order valence-corrected chi connectivity index (χ3v) is 6.96. The molecule has 2 amide bonds. The Kier molecular flexibility index (Phi) is 6.22. The largest absolute Gasteiger partial charge is 0.478 e. The van der Waals surface area contributed by atoms with Crippen molar-refractivity contribution in [1.29, 1.82) is 0 Å². The van der Waals surface area contributed by atoms with Gasteiger partial charge in [0.1, 0.15) is 0 Å². The minimum Gasteiger partial charge on any atom is -0.478 e. The summed E-state index contributed by atoms with van der Waals surface area (Å²) in [5.74, 6) is -6.08. The lowest BCUT2D eigenvalue weighted by Crippen LogP contribution is -2.46. The molecule has 8 nitrogen and oxygen atoms in total. The summed E-state index contributed by atoms with van der Waals surface area (Å²) in [5, 5.41) is 13.7. The molecule has 1 aromatic heterocycles. The van der Waals surface area contributed by atoms with Crippen LogP contribution in [-0.2, 0) is 29.1 Å². The van der Waals surface area contributed by atoms with Gasteiger partial charge < -0.3 is 14.9 Å². The number of fused-ring (bicyclic) bond motifs is 1. The Morgan fingerprint density at radius 3 is 2.54 bits per heavy atom. The Morgan fingerprint density at radius 1 is 1.11 bits per heavy atom. The molecule has 0 saturated carbocycles. The molecule has 0 bridgehead atoms. The second-order valence-electron chi connectivity index (χ2n) is 9.42. The molecule has 1 fully saturated rings. The zero-order valence-corrected chi connectivity index (χ0v) is 19.8. The van der Waals surface area contributed by atoms with Crippen molar-refractivity contribution in [2.75, 3.05) is 11.4 Å². The number of hydrogen-bond acceptors (Lipinski definition) is 4. The van der Waals surface area contributed by atoms with Crippen LogP contribution in [0.1, 0.15) is 46.4 Å². The maximum atomic E-state index is 13.6. The Bertz CT molecular complexity index is 1400. The van der Waals surface area contributed by atoms with Gasteiger partial charge in [-0.1, -0.05) is 12.1 Å². The third-order valence-electron chi connectivity index (χ3n) is 6.96. The van der Waals surface area contributed by atoms with Gasteiger partial charge in [-0.05, 0) is 42.3 Å². The van der Waals surface area contributed by atoms with E-state index in [1.807, 2.05) is 6.92 Å². The maximum Gasteiger partial charge on any atom is 0.335 e. The average Bonchev–Trinajstić information content (AvgIpc) is 3.44. The highest BCUT2D eigenvalue weighted by molar-refractivity contribution is 5.97. The first-order valence-corrected chi connectivity index (χ1v) is 11.7. The van der Waals surface area contributed by atoms with E-state index in [-0.39, 0.29) is 48.4 Å². The fraction of sp³-hybridized carbons (Fsp3) is 0.308. The van der Waals surface area contributed by atoms with Gasteiger partial charge in [0.25, 0.3) is 0 Å². The van der Waals surface area contributed by atoms with E-state index in [4.69, 9.17) is 0 Å². The maximum absolute atomic E-state index is 13.6. The van der Waals surface area contributed by atoms with Crippen LogP contribution in [0, 0.1) is 17.5 Å². The number of aromatic nitrogens is 2. The van der Waals surface area contributed by atoms with Crippen LogP contribution in [0.5, 0.6) is 0 Å². The topological polar surface area (TPSA) is 95.7 Å². The molecule has 0 aliphatic carbocycles. The molecule has 3 heterocycles. The Morgan fingerprint density at radius 2 is 1.84 bits per heavy atom. The fourth-order valence-corrected chi connectivity index (χ4v) is 5.02. The van der Waals surface area contributed by atoms with Crippen molar-refractivity contribution in [3.8, 4) is 0 Å². The highest BCUT2D eigenvalue weighted by atomic mass is 19.2. The van der Waals surface area contributed by atoms with Gasteiger partial charge in [0.05, 0.1) is 42.7 Å². The van der Waals surface area contributed by atoms with Crippen LogP contribution in [-0.4, -0.2) is 50.2 Å². The summed E-state index contributed by atoms with van der Waals surface area (Å²) < 4.78 is 42.3. The summed E-state index contributed by atoms with van der Waals surface area (Å²) in [4.78, 5) is 40.5. The lowest BCUT2D eigenvalue weighted by Gasteiger charge is -2.35. The van der Waals surface area contributed by atoms with E-state index >= 15 is 0 Å². The molecule has 3 aromatic rings. The molecule has 11 heteroatoms. The summed E-state index contributed by atoms with van der Waals surface area (Å²) in [6.45, 7) is 2.64. The molecule has 2 atom stereocenters. The number of nitrogens with zero attached hydrogens (tertiary/aromatic N) is 4. The molecule has 2 aromatic carbocycles. The molecule has 5 rings (SSSR count). The number of benzene rings is 2. The predicted molar refractivity (Wildman–Crippen MR) is 125 cm³/mol. The summed E-state index contributed by atoms with van der Waals surface area (Å²) in [5.41, 5.74) is 2.13. The highest BCUT2D eigenvalue weighted by Crippen LogP contribution is 2.35. The number of aromatic carboxylic acids is 1. The molecule has 1 unspecified atom stereocenters. The number of halogens is 3. The SMILES string of the molecule is C[C@H]1Cn2ncc(N3CC(c4cccc(C(=O)O)c4)CC3=O)c2CN1C(=O)Cc1cc(F)c(F)c(F)c1. The second kappa shape index (κ2) is 9.38. The predicted octanol–water partition coefficient (Wildman–Crippen LogP) is 3.49. The van der Waals surface area contributed by atoms with E-state index in [1.165, 1.54) is 6.07 Å². The van der Waals surface area contributed by atoms with E-state index in [0.29, 0.717) is 24.5 Å². The minimum atomic E-state index is -1.58. The number of carboxylic acid groups (broad SMARTS) is 1. The first-order chi connectivity index (χ1) is 17.6. The van der Waals surface area contributed by atoms with Gasteiger partial charge >= 0.3 is 5.97 Å². The van der Waals surface area contributed by atoms with Gasteiger partial charge in [-0.2, -0.15) is 5.10 Å². The highest BCUT2D eigenvalue weighted by Gasteiger charge is 2.37. The molecule has 0 spiro atoms. The summed E-state index contributed by atoms with van der Waals surface area (Å²) in [6, 6.07) is 7.86. The molecule has 192 valence electrons. The Labute approximate surface area is 209 Å². The molecular weight excluding hydrogens is 489 g/mol. The van der Waals surface area contributed by atoms with E-state index in [1.54, 1.807) is 38.9 Å². The van der Waals surface area contributed by atoms with Crippen LogP contribution < -0.4 is 4.90 Å². The summed E-state index contributed by atoms with van der Waals surface area (Å²) in [6.07, 6.45) is 1.47. The molecule has 2 aliphatic rings. The van der Waals surface area contributed by atoms with Crippen LogP contribution in [0.3, 0.4) is 0 Å². The lowest BCUT2D eigenvalue weighted by atomic mass is 9.96. The van der Waals surface area contributed by atoms with Gasteiger partial charge in [0.2, 0.25) is 11.8 Å². The first kappa shape index (κ1) is 24.5. The smallest absolute Gasteiger partial charge is 0.335 e. The quantitative estimate of drug-likeness (QED) is 0.528. The number of carbonyl (C=O) groups excluding carboxylic acids is 2. The molecular formula is C26H23F3N4O4. The van der Waals surface area contributed by atoms with E-state index in [0.717, 1.165) is 17.7 Å². The van der Waals surface area contributed by atoms with Crippen LogP contribution >= 0.6 is 0 Å². The van der Waals surface area contributed by atoms with Crippen molar-refractivity contribution >= 4 is 23.5 Å². The molecule has 0 radical (unpaired) electrons. The molecule has 2 aliphatic heterocycles. The molecule has 1 saturated heterocycles. The van der Waals surface area contributed by atoms with Gasteiger partial charge in [0, 0.05) is 24.9 Å². The fourth-order valence-electron chi connectivity index (χ4n) is 5.02. The van der Waals surface area contributed by atoms with Crippen molar-refractivity contribution in [1.82, 2.24) is 14.7 Å². The number of amides is 2. The van der Waals surface area contributed by atoms with Crippen molar-refractivity contribution < 1.29 is 32.7 Å². The minimum absolute atomic E-state index is 0.0223. The van der Waals surface area contributed by atoms with Gasteiger partial charge in [0.15, 0.2) is 17.5 Å². The average molecular weight is 512 g/mol. The summed E-state index contributed by atoms with van der Waals surface area (Å²) in [7, 11) is 0. The third kappa shape index (κ3) is 4.56. The van der Waals surface area contributed by atoms with Gasteiger partial charge in [-0.3, -0.25) is 14.3 Å². The number of carbonyl (C=O) groups is 3. The van der Waals surface area contributed by atoms with Gasteiger partial charge in [-0.25, -0.2) is 18.0 Å². The Balaban J connectivity index is 1.36. The first-order valence-electron chi connectivity index (χ1n) is 11.7. The summed E-state index contributed by atoms with van der Waals surface area (Å²) >= 11 is 0. The van der Waals surface area contributed by atoms with Gasteiger partial charge in [-0.15, -0.1) is 0 Å². The molecule has 37 heavy (non-hydrogen) atoms. The zero-order valence-electron chi connectivity index (χ0n) is 19.8. The lowest BCUT2D eigenvalue weighted by molar-refractivity contribution is -0.134. The van der Waals surface area contributed by atoms with E-state index in [2.05, 4.69) is 5.10 Å². The molecule has 1 N–H and O–H groups in total. The Hall–Kier alpha value is -4.15. The van der Waals surface area contributed by atoms with Crippen molar-refractivity contribution in [3.63, 3.8) is 0 Å². The van der Waals surface area contributed by atoms with Crippen LogP contribution in [0.15, 0.2) is 42.6 Å². The number of rotatable bonds is 5. The monoisotopic (exact) mass is 512 g/mol. The second-order valence-corrected chi connectivity index (χ2v) is 9.42. The van der Waals surface area contributed by atoms with Crippen LogP contribution in [0.2, 0.25) is 0 Å². The number of hydrogen-bond donors (Lipinski definition) is 1.